The highest BCUT2D eigenvalue weighted by Gasteiger charge is 2.27. The van der Waals surface area contributed by atoms with Crippen LogP contribution in [0.4, 0.5) is 8.78 Å². The van der Waals surface area contributed by atoms with Gasteiger partial charge in [-0.3, -0.25) is 4.21 Å². The molecule has 0 radical (unpaired) electrons. The van der Waals surface area contributed by atoms with Crippen LogP contribution in [0.1, 0.15) is 39.0 Å². The van der Waals surface area contributed by atoms with E-state index in [1.807, 2.05) is 0 Å². The maximum atomic E-state index is 13.6. The van der Waals surface area contributed by atoms with Crippen LogP contribution >= 0.6 is 0 Å². The van der Waals surface area contributed by atoms with Gasteiger partial charge < -0.3 is 5.32 Å². The lowest BCUT2D eigenvalue weighted by atomic mass is 10.0. The average molecular weight is 315 g/mol. The smallest absolute Gasteiger partial charge is 0.139 e. The second kappa shape index (κ2) is 7.99. The highest BCUT2D eigenvalue weighted by molar-refractivity contribution is 7.85. The van der Waals surface area contributed by atoms with Crippen molar-refractivity contribution in [3.8, 4) is 0 Å². The minimum absolute atomic E-state index is 0.00827. The van der Waals surface area contributed by atoms with Gasteiger partial charge in [-0.15, -0.1) is 0 Å². The second-order valence-corrected chi connectivity index (χ2v) is 7.20. The molecule has 0 bridgehead atoms. The van der Waals surface area contributed by atoms with Gasteiger partial charge in [-0.2, -0.15) is 0 Å². The normalized spacial score (nSPS) is 23.4. The topological polar surface area (TPSA) is 29.1 Å². The zero-order valence-electron chi connectivity index (χ0n) is 12.4. The van der Waals surface area contributed by atoms with E-state index in [4.69, 9.17) is 0 Å². The Kier molecular flexibility index (Phi) is 6.30. The molecule has 118 valence electrons. The number of halogens is 2. The molecule has 21 heavy (non-hydrogen) atoms. The summed E-state index contributed by atoms with van der Waals surface area (Å²) in [5, 5.41) is 3.53. The van der Waals surface area contributed by atoms with Gasteiger partial charge in [0, 0.05) is 11.8 Å². The van der Waals surface area contributed by atoms with Gasteiger partial charge in [0.15, 0.2) is 0 Å². The molecule has 1 aliphatic rings. The first-order valence-electron chi connectivity index (χ1n) is 7.68. The monoisotopic (exact) mass is 315 g/mol. The summed E-state index contributed by atoms with van der Waals surface area (Å²) in [5.74, 6) is -0.225. The lowest BCUT2D eigenvalue weighted by Crippen LogP contribution is -2.33. The number of hydrogen-bond acceptors (Lipinski definition) is 2. The predicted molar refractivity (Wildman–Crippen MR) is 81.7 cm³/mol. The first-order valence-corrected chi connectivity index (χ1v) is 9.00. The summed E-state index contributed by atoms with van der Waals surface area (Å²) in [4.78, 5) is -0.00827. The third-order valence-electron chi connectivity index (χ3n) is 4.13. The summed E-state index contributed by atoms with van der Waals surface area (Å²) >= 11 is 0. The molecule has 0 amide bonds. The summed E-state index contributed by atoms with van der Waals surface area (Å²) in [6.45, 7) is 3.14. The van der Waals surface area contributed by atoms with Crippen LogP contribution in [0.3, 0.4) is 0 Å². The molecule has 1 N–H and O–H groups in total. The highest BCUT2D eigenvalue weighted by atomic mass is 32.2. The summed E-state index contributed by atoms with van der Waals surface area (Å²) in [5.41, 5.74) is 0. The first kappa shape index (κ1) is 16.6. The van der Waals surface area contributed by atoms with E-state index in [0.29, 0.717) is 17.7 Å². The van der Waals surface area contributed by atoms with Crippen LogP contribution in [0.5, 0.6) is 0 Å². The van der Waals surface area contributed by atoms with Gasteiger partial charge in [-0.25, -0.2) is 8.78 Å². The minimum atomic E-state index is -1.46. The Hall–Kier alpha value is -0.810. The molecular formula is C16H23F2NOS. The van der Waals surface area contributed by atoms with Crippen molar-refractivity contribution in [3.63, 3.8) is 0 Å². The van der Waals surface area contributed by atoms with Gasteiger partial charge in [0.25, 0.3) is 0 Å². The van der Waals surface area contributed by atoms with E-state index in [1.54, 1.807) is 0 Å². The van der Waals surface area contributed by atoms with E-state index in [0.717, 1.165) is 50.4 Å². The largest absolute Gasteiger partial charge is 0.314 e. The molecule has 0 aliphatic heterocycles. The molecule has 0 aromatic heterocycles. The molecule has 5 heteroatoms. The predicted octanol–water partition coefficient (Wildman–Crippen LogP) is 3.63. The number of rotatable bonds is 7. The summed E-state index contributed by atoms with van der Waals surface area (Å²) in [6, 6.07) is 3.63. The van der Waals surface area contributed by atoms with Crippen LogP contribution in [-0.2, 0) is 10.8 Å². The van der Waals surface area contributed by atoms with Crippen molar-refractivity contribution in [2.75, 3.05) is 12.3 Å². The SMILES string of the molecule is CCCNC1CCCC1CCS(=O)c1cc(F)ccc1F. The second-order valence-electron chi connectivity index (χ2n) is 5.66. The van der Waals surface area contributed by atoms with Crippen LogP contribution in [0, 0.1) is 17.6 Å². The molecule has 3 unspecified atom stereocenters. The summed E-state index contributed by atoms with van der Waals surface area (Å²) in [7, 11) is -1.46. The van der Waals surface area contributed by atoms with Crippen molar-refractivity contribution in [1.82, 2.24) is 5.32 Å². The zero-order valence-corrected chi connectivity index (χ0v) is 13.2. The van der Waals surface area contributed by atoms with E-state index >= 15 is 0 Å². The Labute approximate surface area is 127 Å². The maximum Gasteiger partial charge on any atom is 0.139 e. The van der Waals surface area contributed by atoms with Gasteiger partial charge >= 0.3 is 0 Å². The molecule has 1 aromatic rings. The van der Waals surface area contributed by atoms with Gasteiger partial charge in [-0.1, -0.05) is 13.3 Å². The summed E-state index contributed by atoms with van der Waals surface area (Å²) in [6.07, 6.45) is 5.37. The molecule has 1 aliphatic carbocycles. The van der Waals surface area contributed by atoms with Crippen molar-refractivity contribution in [1.29, 1.82) is 0 Å². The van der Waals surface area contributed by atoms with Crippen LogP contribution in [0.15, 0.2) is 23.1 Å². The van der Waals surface area contributed by atoms with E-state index in [9.17, 15) is 13.0 Å². The molecule has 0 heterocycles. The fourth-order valence-electron chi connectivity index (χ4n) is 3.00. The van der Waals surface area contributed by atoms with Crippen LogP contribution < -0.4 is 5.32 Å². The molecule has 0 saturated heterocycles. The summed E-state index contributed by atoms with van der Waals surface area (Å²) < 4.78 is 38.9. The Balaban J connectivity index is 1.90. The Bertz CT molecular complexity index is 495. The fraction of sp³-hybridized carbons (Fsp3) is 0.625. The van der Waals surface area contributed by atoms with Crippen LogP contribution in [0.25, 0.3) is 0 Å². The van der Waals surface area contributed by atoms with E-state index in [1.165, 1.54) is 6.42 Å². The molecule has 1 fully saturated rings. The number of benzene rings is 1. The van der Waals surface area contributed by atoms with Crippen molar-refractivity contribution >= 4 is 10.8 Å². The standard InChI is InChI=1S/C16H23F2NOS/c1-2-9-19-15-5-3-4-12(15)8-10-21(20)16-11-13(17)6-7-14(16)18/h6-7,11-12,15,19H,2-5,8-10H2,1H3. The molecule has 1 aromatic carbocycles. The lowest BCUT2D eigenvalue weighted by Gasteiger charge is -2.20. The number of hydrogen-bond donors (Lipinski definition) is 1. The molecular weight excluding hydrogens is 292 g/mol. The molecule has 2 rings (SSSR count). The van der Waals surface area contributed by atoms with Gasteiger partial charge in [0.2, 0.25) is 0 Å². The van der Waals surface area contributed by atoms with Gasteiger partial charge in [0.05, 0.1) is 15.7 Å². The van der Waals surface area contributed by atoms with E-state index < -0.39 is 22.4 Å². The van der Waals surface area contributed by atoms with E-state index in [2.05, 4.69) is 12.2 Å². The van der Waals surface area contributed by atoms with Crippen molar-refractivity contribution in [2.24, 2.45) is 5.92 Å². The fourth-order valence-corrected chi connectivity index (χ4v) is 4.27. The molecule has 3 atom stereocenters. The van der Waals surface area contributed by atoms with E-state index in [-0.39, 0.29) is 4.90 Å². The van der Waals surface area contributed by atoms with Crippen molar-refractivity contribution < 1.29 is 13.0 Å². The lowest BCUT2D eigenvalue weighted by molar-refractivity contribution is 0.392. The van der Waals surface area contributed by atoms with Crippen molar-refractivity contribution in [2.45, 2.75) is 50.0 Å². The van der Waals surface area contributed by atoms with Crippen LogP contribution in [-0.4, -0.2) is 22.5 Å². The quantitative estimate of drug-likeness (QED) is 0.832. The molecule has 2 nitrogen and oxygen atoms in total. The zero-order chi connectivity index (χ0) is 15.2. The Morgan fingerprint density at radius 2 is 2.14 bits per heavy atom. The number of nitrogens with one attached hydrogen (secondary N) is 1. The van der Waals surface area contributed by atoms with Gasteiger partial charge in [0.1, 0.15) is 11.6 Å². The van der Waals surface area contributed by atoms with Crippen molar-refractivity contribution in [3.05, 3.63) is 29.8 Å². The maximum absolute atomic E-state index is 13.6. The highest BCUT2D eigenvalue weighted by Crippen LogP contribution is 2.29. The molecule has 1 saturated carbocycles. The average Bonchev–Trinajstić information content (AvgIpc) is 2.92. The van der Waals surface area contributed by atoms with Crippen LogP contribution in [0.2, 0.25) is 0 Å². The van der Waals surface area contributed by atoms with Gasteiger partial charge in [-0.05, 0) is 56.3 Å². The molecule has 0 spiro atoms. The minimum Gasteiger partial charge on any atom is -0.314 e. The Morgan fingerprint density at radius 3 is 2.90 bits per heavy atom. The third kappa shape index (κ3) is 4.58. The third-order valence-corrected chi connectivity index (χ3v) is 5.54. The first-order chi connectivity index (χ1) is 10.1. The Morgan fingerprint density at radius 1 is 1.33 bits per heavy atom.